The highest BCUT2D eigenvalue weighted by Gasteiger charge is 2.86. The van der Waals surface area contributed by atoms with Crippen LogP contribution in [0.3, 0.4) is 0 Å². The number of hydrogen-bond acceptors (Lipinski definition) is 4. The van der Waals surface area contributed by atoms with Gasteiger partial charge in [-0.05, 0) is 57.7 Å². The number of halogens is 9. The van der Waals surface area contributed by atoms with Crippen LogP contribution in [-0.4, -0.2) is 43.4 Å². The van der Waals surface area contributed by atoms with Crippen molar-refractivity contribution in [3.63, 3.8) is 0 Å². The Morgan fingerprint density at radius 2 is 1.15 bits per heavy atom. The van der Waals surface area contributed by atoms with Crippen LogP contribution in [0.25, 0.3) is 11.1 Å². The summed E-state index contributed by atoms with van der Waals surface area (Å²) in [5.74, 6) is -14.9. The Balaban J connectivity index is 1.98. The lowest BCUT2D eigenvalue weighted by Crippen LogP contribution is -2.63. The molecule has 4 nitrogen and oxygen atoms in total. The van der Waals surface area contributed by atoms with Crippen LogP contribution in [0.1, 0.15) is 5.56 Å². The molecule has 0 atom stereocenters. The van der Waals surface area contributed by atoms with Crippen molar-refractivity contribution in [2.75, 3.05) is 6.61 Å². The number of rotatable bonds is 8. The summed E-state index contributed by atoms with van der Waals surface area (Å²) in [6.45, 7) is -0.289. The Bertz CT molecular complexity index is 1440. The average Bonchev–Trinajstić information content (AvgIpc) is 3.14. The monoisotopic (exact) mass is 604 g/mol. The van der Waals surface area contributed by atoms with E-state index in [-0.39, 0.29) is 38.8 Å². The Kier molecular flexibility index (Phi) is 7.06. The molecule has 212 valence electrons. The van der Waals surface area contributed by atoms with Gasteiger partial charge in [-0.25, -0.2) is 3.63 Å². The molecule has 0 aromatic heterocycles. The zero-order chi connectivity index (χ0) is 29.1. The van der Waals surface area contributed by atoms with Crippen molar-refractivity contribution in [2.45, 2.75) is 44.4 Å². The van der Waals surface area contributed by atoms with E-state index < -0.39 is 43.7 Å². The maximum absolute atomic E-state index is 14.8. The highest BCUT2D eigenvalue weighted by molar-refractivity contribution is 8.33. The van der Waals surface area contributed by atoms with Gasteiger partial charge >= 0.3 is 33.4 Å². The molecule has 1 heterocycles. The molecule has 0 unspecified atom stereocenters. The summed E-state index contributed by atoms with van der Waals surface area (Å²) in [6.07, 6.45) is -7.08. The van der Waals surface area contributed by atoms with Gasteiger partial charge in [0.1, 0.15) is 0 Å². The molecule has 0 bridgehead atoms. The summed E-state index contributed by atoms with van der Waals surface area (Å²) in [7, 11) is -11.2. The topological polar surface area (TPSA) is 63.6 Å². The van der Waals surface area contributed by atoms with Crippen molar-refractivity contribution in [3.05, 3.63) is 78.4 Å². The second kappa shape index (κ2) is 9.42. The number of fused-ring (bicyclic) bond motifs is 3. The van der Waals surface area contributed by atoms with E-state index >= 15 is 0 Å². The van der Waals surface area contributed by atoms with Gasteiger partial charge < -0.3 is 5.11 Å². The Morgan fingerprint density at radius 3 is 1.59 bits per heavy atom. The van der Waals surface area contributed by atoms with Crippen molar-refractivity contribution in [1.29, 1.82) is 0 Å². The highest BCUT2D eigenvalue weighted by atomic mass is 32.3. The minimum atomic E-state index is -7.44. The molecule has 0 spiro atoms. The molecular formula is C24H17F9O4S2. The van der Waals surface area contributed by atoms with E-state index in [4.69, 9.17) is 8.74 Å². The Labute approximate surface area is 217 Å². The minimum Gasteiger partial charge on any atom is -0.396 e. The molecule has 0 aliphatic carbocycles. The second-order valence-electron chi connectivity index (χ2n) is 8.35. The van der Waals surface area contributed by atoms with Crippen LogP contribution < -0.4 is 0 Å². The van der Waals surface area contributed by atoms with E-state index in [2.05, 4.69) is 0 Å². The fourth-order valence-corrected chi connectivity index (χ4v) is 9.58. The van der Waals surface area contributed by atoms with Crippen LogP contribution in [0.5, 0.6) is 0 Å². The third kappa shape index (κ3) is 4.21. The molecule has 4 rings (SSSR count). The quantitative estimate of drug-likeness (QED) is 0.277. The smallest absolute Gasteiger partial charge is 0.396 e. The molecule has 1 aliphatic rings. The van der Waals surface area contributed by atoms with Gasteiger partial charge in [0.25, 0.3) is 0 Å². The maximum atomic E-state index is 14.8. The van der Waals surface area contributed by atoms with Crippen LogP contribution in [-0.2, 0) is 20.2 Å². The fraction of sp³-hybridized carbons (Fsp3) is 0.250. The van der Waals surface area contributed by atoms with Crippen LogP contribution >= 0.6 is 10.3 Å². The zero-order valence-corrected chi connectivity index (χ0v) is 20.9. The predicted octanol–water partition coefficient (Wildman–Crippen LogP) is 7.17. The number of aliphatic hydroxyl groups is 1. The standard InChI is InChI=1S/C24H17F9O4S2/c25-21(26,23(29,30)31)22(27,28)24(32,33)39(35,36)37-38(16-11-9-15(10-12-16)13-14-34)19-7-3-1-5-17(19)18-6-2-4-8-20(18)38/h1-12,34H,13-14H2. The largest absolute Gasteiger partial charge is 0.460 e. The van der Waals surface area contributed by atoms with Gasteiger partial charge in [0.2, 0.25) is 0 Å². The summed E-state index contributed by atoms with van der Waals surface area (Å²) in [4.78, 5) is -0.343. The van der Waals surface area contributed by atoms with Crippen LogP contribution in [0.15, 0.2) is 87.5 Å². The molecule has 1 aliphatic heterocycles. The maximum Gasteiger partial charge on any atom is 0.460 e. The summed E-state index contributed by atoms with van der Waals surface area (Å²) in [5, 5.41) is 2.13. The molecule has 0 radical (unpaired) electrons. The van der Waals surface area contributed by atoms with Crippen molar-refractivity contribution >= 4 is 20.4 Å². The molecule has 39 heavy (non-hydrogen) atoms. The van der Waals surface area contributed by atoms with E-state index in [0.717, 1.165) is 0 Å². The third-order valence-electron chi connectivity index (χ3n) is 5.96. The number of hydrogen-bond donors (Lipinski definition) is 1. The van der Waals surface area contributed by atoms with Gasteiger partial charge in [0, 0.05) is 21.3 Å². The lowest BCUT2D eigenvalue weighted by molar-refractivity contribution is -0.382. The Morgan fingerprint density at radius 1 is 0.692 bits per heavy atom. The number of aliphatic hydroxyl groups excluding tert-OH is 1. The first-order valence-electron chi connectivity index (χ1n) is 10.8. The van der Waals surface area contributed by atoms with Gasteiger partial charge in [-0.1, -0.05) is 48.5 Å². The first-order chi connectivity index (χ1) is 18.0. The number of alkyl halides is 9. The van der Waals surface area contributed by atoms with Gasteiger partial charge in [0.05, 0.1) is 0 Å². The Hall–Kier alpha value is -2.75. The summed E-state index contributed by atoms with van der Waals surface area (Å²) in [6, 6.07) is 16.3. The van der Waals surface area contributed by atoms with Crippen molar-refractivity contribution in [3.8, 4) is 11.1 Å². The first kappa shape index (κ1) is 29.2. The van der Waals surface area contributed by atoms with Crippen molar-refractivity contribution < 1.29 is 56.7 Å². The highest BCUT2D eigenvalue weighted by Crippen LogP contribution is 2.77. The molecule has 3 aromatic carbocycles. The van der Waals surface area contributed by atoms with Crippen LogP contribution in [0, 0.1) is 0 Å². The predicted molar refractivity (Wildman–Crippen MR) is 122 cm³/mol. The zero-order valence-electron chi connectivity index (χ0n) is 19.2. The normalized spacial score (nSPS) is 16.5. The molecular weight excluding hydrogens is 587 g/mol. The summed E-state index contributed by atoms with van der Waals surface area (Å²) < 4.78 is 154. The molecule has 15 heteroatoms. The number of benzene rings is 3. The van der Waals surface area contributed by atoms with Crippen molar-refractivity contribution in [1.82, 2.24) is 0 Å². The van der Waals surface area contributed by atoms with Gasteiger partial charge in [0.15, 0.2) is 0 Å². The first-order valence-corrected chi connectivity index (χ1v) is 13.8. The molecule has 0 saturated heterocycles. The summed E-state index contributed by atoms with van der Waals surface area (Å²) in [5.41, 5.74) is 0.988. The molecule has 0 fully saturated rings. The SMILES string of the molecule is O=S(=O)(OS1(c2ccc(CCO)cc2)c2ccccc2-c2ccccc21)C(F)(F)C(F)(F)C(F)(F)C(F)(F)F. The summed E-state index contributed by atoms with van der Waals surface area (Å²) >= 11 is 0. The fourth-order valence-electron chi connectivity index (χ4n) is 4.04. The van der Waals surface area contributed by atoms with E-state index in [1.54, 1.807) is 0 Å². The van der Waals surface area contributed by atoms with Gasteiger partial charge in [-0.15, -0.1) is 0 Å². The molecule has 3 aromatic rings. The molecule has 0 saturated carbocycles. The molecule has 0 amide bonds. The van der Waals surface area contributed by atoms with E-state index in [1.807, 2.05) is 0 Å². The van der Waals surface area contributed by atoms with E-state index in [0.29, 0.717) is 5.56 Å². The van der Waals surface area contributed by atoms with Crippen LogP contribution in [0.2, 0.25) is 0 Å². The van der Waals surface area contributed by atoms with E-state index in [1.165, 1.54) is 72.8 Å². The molecule has 1 N–H and O–H groups in total. The van der Waals surface area contributed by atoms with E-state index in [9.17, 15) is 47.9 Å². The van der Waals surface area contributed by atoms with Crippen molar-refractivity contribution in [2.24, 2.45) is 0 Å². The lowest BCUT2D eigenvalue weighted by Gasteiger charge is -2.39. The lowest BCUT2D eigenvalue weighted by atomic mass is 10.1. The average molecular weight is 605 g/mol. The minimum absolute atomic E-state index is 0.0913. The van der Waals surface area contributed by atoms with Gasteiger partial charge in [-0.2, -0.15) is 47.9 Å². The second-order valence-corrected chi connectivity index (χ2v) is 12.8. The van der Waals surface area contributed by atoms with Gasteiger partial charge in [-0.3, -0.25) is 0 Å². The third-order valence-corrected chi connectivity index (χ3v) is 11.3. The van der Waals surface area contributed by atoms with Crippen LogP contribution in [0.4, 0.5) is 39.5 Å².